The maximum atomic E-state index is 11.7. The number of carbonyl (C=O) groups excluding carboxylic acids is 1. The summed E-state index contributed by atoms with van der Waals surface area (Å²) in [6.07, 6.45) is 0. The van der Waals surface area contributed by atoms with Crippen LogP contribution in [-0.2, 0) is 10.2 Å². The maximum Gasteiger partial charge on any atom is 0.234 e. The highest BCUT2D eigenvalue weighted by molar-refractivity contribution is 9.10. The van der Waals surface area contributed by atoms with Gasteiger partial charge in [-0.25, -0.2) is 0 Å². The van der Waals surface area contributed by atoms with Gasteiger partial charge >= 0.3 is 0 Å². The number of hydrogen-bond acceptors (Lipinski definition) is 1. The van der Waals surface area contributed by atoms with Crippen LogP contribution in [0.15, 0.2) is 10.5 Å². The molecule has 1 aromatic rings. The molecule has 1 aliphatic heterocycles. The number of anilines is 1. The van der Waals surface area contributed by atoms with Crippen molar-refractivity contribution in [2.75, 3.05) is 5.32 Å². The minimum absolute atomic E-state index is 0.0615. The second-order valence-electron chi connectivity index (χ2n) is 3.99. The van der Waals surface area contributed by atoms with E-state index in [1.165, 1.54) is 0 Å². The molecule has 1 aliphatic rings. The van der Waals surface area contributed by atoms with E-state index in [1.807, 2.05) is 19.9 Å². The van der Waals surface area contributed by atoms with E-state index >= 15 is 0 Å². The Hall–Kier alpha value is -0.250. The van der Waals surface area contributed by atoms with Crippen molar-refractivity contribution in [2.24, 2.45) is 0 Å². The third-order valence-corrected chi connectivity index (χ3v) is 4.36. The van der Waals surface area contributed by atoms with E-state index in [0.29, 0.717) is 20.2 Å². The van der Waals surface area contributed by atoms with E-state index in [4.69, 9.17) is 23.2 Å². The number of carbonyl (C=O) groups is 1. The van der Waals surface area contributed by atoms with Crippen molar-refractivity contribution >= 4 is 50.7 Å². The van der Waals surface area contributed by atoms with Crippen LogP contribution >= 0.6 is 39.1 Å². The fraction of sp³-hybridized carbons (Fsp3) is 0.300. The Balaban J connectivity index is 2.76. The second kappa shape index (κ2) is 3.37. The topological polar surface area (TPSA) is 29.1 Å². The Labute approximate surface area is 106 Å². The average Bonchev–Trinajstić information content (AvgIpc) is 2.38. The van der Waals surface area contributed by atoms with Gasteiger partial charge < -0.3 is 5.32 Å². The molecule has 2 rings (SSSR count). The summed E-state index contributed by atoms with van der Waals surface area (Å²) in [5.41, 5.74) is 0.931. The molecular formula is C10H8BrCl2NO. The van der Waals surface area contributed by atoms with Gasteiger partial charge in [-0.1, -0.05) is 23.2 Å². The molecule has 80 valence electrons. The van der Waals surface area contributed by atoms with Crippen molar-refractivity contribution < 1.29 is 4.79 Å². The molecule has 5 heteroatoms. The largest absolute Gasteiger partial charge is 0.324 e. The Morgan fingerprint density at radius 3 is 2.53 bits per heavy atom. The fourth-order valence-corrected chi connectivity index (χ4v) is 2.54. The summed E-state index contributed by atoms with van der Waals surface area (Å²) < 4.78 is 0.706. The third kappa shape index (κ3) is 1.49. The summed E-state index contributed by atoms with van der Waals surface area (Å²) in [4.78, 5) is 11.7. The van der Waals surface area contributed by atoms with Gasteiger partial charge in [0, 0.05) is 4.47 Å². The number of benzene rings is 1. The SMILES string of the molecule is CC1(C)C(=O)Nc2c1cc(Br)c(Cl)c2Cl. The summed E-state index contributed by atoms with van der Waals surface area (Å²) >= 11 is 15.3. The second-order valence-corrected chi connectivity index (χ2v) is 5.60. The van der Waals surface area contributed by atoms with E-state index in [9.17, 15) is 4.79 Å². The lowest BCUT2D eigenvalue weighted by Gasteiger charge is -2.15. The van der Waals surface area contributed by atoms with Crippen molar-refractivity contribution in [1.82, 2.24) is 0 Å². The normalized spacial score (nSPS) is 17.5. The molecule has 0 unspecified atom stereocenters. The first-order valence-electron chi connectivity index (χ1n) is 4.35. The zero-order valence-electron chi connectivity index (χ0n) is 8.12. The Morgan fingerprint density at radius 2 is 1.93 bits per heavy atom. The van der Waals surface area contributed by atoms with Gasteiger partial charge in [-0.05, 0) is 41.4 Å². The first kappa shape index (κ1) is 11.2. The van der Waals surface area contributed by atoms with Gasteiger partial charge in [0.1, 0.15) is 0 Å². The van der Waals surface area contributed by atoms with Gasteiger partial charge in [-0.3, -0.25) is 4.79 Å². The highest BCUT2D eigenvalue weighted by atomic mass is 79.9. The number of halogens is 3. The predicted molar refractivity (Wildman–Crippen MR) is 65.8 cm³/mol. The molecule has 1 heterocycles. The highest BCUT2D eigenvalue weighted by Crippen LogP contribution is 2.47. The Bertz CT molecular complexity index is 471. The minimum atomic E-state index is -0.563. The van der Waals surface area contributed by atoms with Gasteiger partial charge in [-0.15, -0.1) is 0 Å². The number of amides is 1. The molecule has 0 atom stereocenters. The van der Waals surface area contributed by atoms with Gasteiger partial charge in [-0.2, -0.15) is 0 Å². The molecule has 0 saturated carbocycles. The lowest BCUT2D eigenvalue weighted by atomic mass is 9.86. The maximum absolute atomic E-state index is 11.7. The Morgan fingerprint density at radius 1 is 1.33 bits per heavy atom. The van der Waals surface area contributed by atoms with Crippen LogP contribution in [0.3, 0.4) is 0 Å². The quantitative estimate of drug-likeness (QED) is 0.722. The summed E-state index contributed by atoms with van der Waals surface area (Å²) in [6.45, 7) is 3.70. The number of rotatable bonds is 0. The Kier molecular flexibility index (Phi) is 2.53. The molecule has 0 bridgehead atoms. The molecular weight excluding hydrogens is 301 g/mol. The van der Waals surface area contributed by atoms with Crippen LogP contribution in [0.2, 0.25) is 10.0 Å². The highest BCUT2D eigenvalue weighted by Gasteiger charge is 2.40. The first-order valence-corrected chi connectivity index (χ1v) is 5.90. The van der Waals surface area contributed by atoms with Crippen LogP contribution in [0.25, 0.3) is 0 Å². The van der Waals surface area contributed by atoms with E-state index in [2.05, 4.69) is 21.2 Å². The van der Waals surface area contributed by atoms with Crippen molar-refractivity contribution in [3.05, 3.63) is 26.1 Å². The molecule has 2 nitrogen and oxygen atoms in total. The van der Waals surface area contributed by atoms with Crippen LogP contribution in [0, 0.1) is 0 Å². The fourth-order valence-electron chi connectivity index (χ4n) is 1.60. The van der Waals surface area contributed by atoms with Crippen molar-refractivity contribution in [1.29, 1.82) is 0 Å². The zero-order chi connectivity index (χ0) is 11.4. The predicted octanol–water partition coefficient (Wildman–Crippen LogP) is 3.99. The summed E-state index contributed by atoms with van der Waals surface area (Å²) in [7, 11) is 0. The van der Waals surface area contributed by atoms with Crippen molar-refractivity contribution in [3.8, 4) is 0 Å². The molecule has 0 aliphatic carbocycles. The van der Waals surface area contributed by atoms with Gasteiger partial charge in [0.25, 0.3) is 0 Å². The average molecular weight is 309 g/mol. The monoisotopic (exact) mass is 307 g/mol. The molecule has 0 radical (unpaired) electrons. The molecule has 0 fully saturated rings. The summed E-state index contributed by atoms with van der Waals surface area (Å²) in [5, 5.41) is 3.56. The standard InChI is InChI=1S/C10H8BrCl2NO/c1-10(2)4-3-5(11)6(12)7(13)8(4)14-9(10)15/h3H,1-2H3,(H,14,15). The van der Waals surface area contributed by atoms with E-state index < -0.39 is 5.41 Å². The van der Waals surface area contributed by atoms with E-state index in [0.717, 1.165) is 5.56 Å². The van der Waals surface area contributed by atoms with Gasteiger partial charge in [0.2, 0.25) is 5.91 Å². The third-order valence-electron chi connectivity index (χ3n) is 2.64. The number of hydrogen-bond donors (Lipinski definition) is 1. The van der Waals surface area contributed by atoms with E-state index in [-0.39, 0.29) is 5.91 Å². The van der Waals surface area contributed by atoms with Crippen molar-refractivity contribution in [2.45, 2.75) is 19.3 Å². The molecule has 15 heavy (non-hydrogen) atoms. The minimum Gasteiger partial charge on any atom is -0.324 e. The van der Waals surface area contributed by atoms with Crippen LogP contribution < -0.4 is 5.32 Å². The lowest BCUT2D eigenvalue weighted by molar-refractivity contribution is -0.119. The number of fused-ring (bicyclic) bond motifs is 1. The molecule has 1 amide bonds. The van der Waals surface area contributed by atoms with Gasteiger partial charge in [0.05, 0.1) is 21.1 Å². The van der Waals surface area contributed by atoms with Gasteiger partial charge in [0.15, 0.2) is 0 Å². The van der Waals surface area contributed by atoms with E-state index in [1.54, 1.807) is 0 Å². The molecule has 0 spiro atoms. The smallest absolute Gasteiger partial charge is 0.234 e. The van der Waals surface area contributed by atoms with Crippen molar-refractivity contribution in [3.63, 3.8) is 0 Å². The molecule has 0 saturated heterocycles. The van der Waals surface area contributed by atoms with Crippen LogP contribution in [0.4, 0.5) is 5.69 Å². The van der Waals surface area contributed by atoms with Crippen LogP contribution in [0.5, 0.6) is 0 Å². The van der Waals surface area contributed by atoms with Crippen LogP contribution in [0.1, 0.15) is 19.4 Å². The first-order chi connectivity index (χ1) is 6.85. The molecule has 1 N–H and O–H groups in total. The number of nitrogens with one attached hydrogen (secondary N) is 1. The summed E-state index contributed by atoms with van der Waals surface area (Å²) in [6, 6.07) is 1.83. The zero-order valence-corrected chi connectivity index (χ0v) is 11.2. The molecule has 0 aromatic heterocycles. The molecule has 1 aromatic carbocycles. The van der Waals surface area contributed by atoms with Crippen LogP contribution in [-0.4, -0.2) is 5.91 Å². The summed E-state index contributed by atoms with van der Waals surface area (Å²) in [5.74, 6) is -0.0615. The lowest BCUT2D eigenvalue weighted by Crippen LogP contribution is -2.26.